The molecule has 4 nitrogen and oxygen atoms in total. The second-order valence-electron chi connectivity index (χ2n) is 4.41. The van der Waals surface area contributed by atoms with Crippen LogP contribution >= 0.6 is 0 Å². The lowest BCUT2D eigenvalue weighted by Gasteiger charge is -2.22. The molecule has 0 aliphatic carbocycles. The fourth-order valence-corrected chi connectivity index (χ4v) is 1.63. The maximum absolute atomic E-state index is 11.7. The van der Waals surface area contributed by atoms with Gasteiger partial charge in [0.1, 0.15) is 0 Å². The van der Waals surface area contributed by atoms with Gasteiger partial charge in [0, 0.05) is 18.8 Å². The first-order valence-electron chi connectivity index (χ1n) is 5.98. The Labute approximate surface area is 108 Å². The Morgan fingerprint density at radius 1 is 1.28 bits per heavy atom. The summed E-state index contributed by atoms with van der Waals surface area (Å²) in [4.78, 5) is 11.7. The van der Waals surface area contributed by atoms with Crippen molar-refractivity contribution in [1.82, 2.24) is 0 Å². The Bertz CT molecular complexity index is 418. The summed E-state index contributed by atoms with van der Waals surface area (Å²) in [5.74, 6) is -0.335. The van der Waals surface area contributed by atoms with Crippen molar-refractivity contribution >= 4 is 11.7 Å². The minimum absolute atomic E-state index is 0.0526. The van der Waals surface area contributed by atoms with Gasteiger partial charge in [0.15, 0.2) is 0 Å². The standard InChI is InChI=1S/C14H21NO3/c1-9-6-7-13(12(8-9)14(16)18-5)15-10(2)11(3)17-4/h6-8,10-11,15H,1-5H3. The van der Waals surface area contributed by atoms with Gasteiger partial charge in [-0.1, -0.05) is 11.6 Å². The molecule has 4 heteroatoms. The fourth-order valence-electron chi connectivity index (χ4n) is 1.63. The van der Waals surface area contributed by atoms with Crippen LogP contribution in [-0.2, 0) is 9.47 Å². The first-order valence-corrected chi connectivity index (χ1v) is 5.98. The Balaban J connectivity index is 2.98. The summed E-state index contributed by atoms with van der Waals surface area (Å²) < 4.78 is 10.0. The molecule has 18 heavy (non-hydrogen) atoms. The van der Waals surface area contributed by atoms with Crippen LogP contribution in [0.25, 0.3) is 0 Å². The van der Waals surface area contributed by atoms with E-state index in [2.05, 4.69) is 5.32 Å². The zero-order valence-electron chi connectivity index (χ0n) is 11.6. The molecule has 0 fully saturated rings. The van der Waals surface area contributed by atoms with Crippen molar-refractivity contribution in [2.75, 3.05) is 19.5 Å². The molecular formula is C14H21NO3. The summed E-state index contributed by atoms with van der Waals surface area (Å²) in [6, 6.07) is 5.76. The van der Waals surface area contributed by atoms with E-state index in [4.69, 9.17) is 9.47 Å². The Morgan fingerprint density at radius 2 is 1.94 bits per heavy atom. The fraction of sp³-hybridized carbons (Fsp3) is 0.500. The van der Waals surface area contributed by atoms with E-state index in [-0.39, 0.29) is 18.1 Å². The third-order valence-corrected chi connectivity index (χ3v) is 3.04. The van der Waals surface area contributed by atoms with Crippen molar-refractivity contribution in [1.29, 1.82) is 0 Å². The summed E-state index contributed by atoms with van der Waals surface area (Å²) in [7, 11) is 3.05. The van der Waals surface area contributed by atoms with E-state index in [9.17, 15) is 4.79 Å². The first kappa shape index (κ1) is 14.5. The van der Waals surface area contributed by atoms with Crippen LogP contribution < -0.4 is 5.32 Å². The molecule has 0 bridgehead atoms. The number of carbonyl (C=O) groups excluding carboxylic acids is 1. The summed E-state index contributed by atoms with van der Waals surface area (Å²) in [6.07, 6.45) is 0.0526. The molecule has 2 unspecified atom stereocenters. The molecule has 0 aliphatic heterocycles. The van der Waals surface area contributed by atoms with Gasteiger partial charge in [0.2, 0.25) is 0 Å². The number of methoxy groups -OCH3 is 2. The topological polar surface area (TPSA) is 47.6 Å². The lowest BCUT2D eigenvalue weighted by atomic mass is 10.1. The highest BCUT2D eigenvalue weighted by Crippen LogP contribution is 2.20. The number of anilines is 1. The van der Waals surface area contributed by atoms with Gasteiger partial charge in [-0.05, 0) is 32.9 Å². The second-order valence-corrected chi connectivity index (χ2v) is 4.41. The van der Waals surface area contributed by atoms with Crippen molar-refractivity contribution in [3.8, 4) is 0 Å². The van der Waals surface area contributed by atoms with Crippen LogP contribution in [-0.4, -0.2) is 32.3 Å². The predicted octanol–water partition coefficient (Wildman–Crippen LogP) is 2.62. The van der Waals surface area contributed by atoms with Crippen molar-refractivity contribution in [3.63, 3.8) is 0 Å². The van der Waals surface area contributed by atoms with Gasteiger partial charge in [0.25, 0.3) is 0 Å². The van der Waals surface area contributed by atoms with E-state index < -0.39 is 0 Å². The lowest BCUT2D eigenvalue weighted by molar-refractivity contribution is 0.0601. The molecule has 0 aromatic heterocycles. The summed E-state index contributed by atoms with van der Waals surface area (Å²) in [5.41, 5.74) is 2.34. The zero-order chi connectivity index (χ0) is 13.7. The predicted molar refractivity (Wildman–Crippen MR) is 72.1 cm³/mol. The van der Waals surface area contributed by atoms with Crippen molar-refractivity contribution in [2.24, 2.45) is 0 Å². The normalized spacial score (nSPS) is 13.8. The van der Waals surface area contributed by atoms with E-state index >= 15 is 0 Å². The average molecular weight is 251 g/mol. The van der Waals surface area contributed by atoms with Gasteiger partial charge in [-0.3, -0.25) is 0 Å². The quantitative estimate of drug-likeness (QED) is 0.817. The Hall–Kier alpha value is -1.55. The third kappa shape index (κ3) is 3.47. The minimum atomic E-state index is -0.335. The second kappa shape index (κ2) is 6.40. The molecule has 0 radical (unpaired) electrons. The van der Waals surface area contributed by atoms with E-state index in [0.717, 1.165) is 11.3 Å². The monoisotopic (exact) mass is 251 g/mol. The molecule has 0 amide bonds. The lowest BCUT2D eigenvalue weighted by Crippen LogP contribution is -2.30. The number of hydrogen-bond donors (Lipinski definition) is 1. The number of carbonyl (C=O) groups is 1. The number of nitrogens with one attached hydrogen (secondary N) is 1. The smallest absolute Gasteiger partial charge is 0.339 e. The van der Waals surface area contributed by atoms with Crippen LogP contribution in [0.3, 0.4) is 0 Å². The number of ether oxygens (including phenoxy) is 2. The molecule has 1 aromatic rings. The van der Waals surface area contributed by atoms with Crippen LogP contribution in [0, 0.1) is 6.92 Å². The van der Waals surface area contributed by atoms with Crippen molar-refractivity contribution in [3.05, 3.63) is 29.3 Å². The van der Waals surface area contributed by atoms with E-state index in [0.29, 0.717) is 5.56 Å². The molecule has 2 atom stereocenters. The van der Waals surface area contributed by atoms with Gasteiger partial charge in [0.05, 0.1) is 18.8 Å². The van der Waals surface area contributed by atoms with E-state index in [1.807, 2.05) is 39.0 Å². The Kier molecular flexibility index (Phi) is 5.16. The van der Waals surface area contributed by atoms with Crippen molar-refractivity contribution in [2.45, 2.75) is 32.9 Å². The van der Waals surface area contributed by atoms with E-state index in [1.54, 1.807) is 7.11 Å². The Morgan fingerprint density at radius 3 is 2.50 bits per heavy atom. The molecule has 0 saturated carbocycles. The maximum Gasteiger partial charge on any atom is 0.339 e. The van der Waals surface area contributed by atoms with Crippen LogP contribution in [0.2, 0.25) is 0 Å². The highest BCUT2D eigenvalue weighted by Gasteiger charge is 2.16. The van der Waals surface area contributed by atoms with Crippen molar-refractivity contribution < 1.29 is 14.3 Å². The molecule has 0 aliphatic rings. The maximum atomic E-state index is 11.7. The number of esters is 1. The molecule has 1 rings (SSSR count). The van der Waals surface area contributed by atoms with Gasteiger partial charge in [-0.25, -0.2) is 4.79 Å². The molecule has 100 valence electrons. The average Bonchev–Trinajstić information content (AvgIpc) is 2.38. The highest BCUT2D eigenvalue weighted by molar-refractivity contribution is 5.95. The van der Waals surface area contributed by atoms with Gasteiger partial charge in [-0.2, -0.15) is 0 Å². The molecule has 1 N–H and O–H groups in total. The third-order valence-electron chi connectivity index (χ3n) is 3.04. The largest absolute Gasteiger partial charge is 0.465 e. The number of aryl methyl sites for hydroxylation is 1. The SMILES string of the molecule is COC(=O)c1cc(C)ccc1NC(C)C(C)OC. The summed E-state index contributed by atoms with van der Waals surface area (Å²) >= 11 is 0. The van der Waals surface area contributed by atoms with Crippen LogP contribution in [0.4, 0.5) is 5.69 Å². The highest BCUT2D eigenvalue weighted by atomic mass is 16.5. The van der Waals surface area contributed by atoms with Crippen LogP contribution in [0.15, 0.2) is 18.2 Å². The number of hydrogen-bond acceptors (Lipinski definition) is 4. The molecule has 0 spiro atoms. The van der Waals surface area contributed by atoms with Gasteiger partial charge < -0.3 is 14.8 Å². The van der Waals surface area contributed by atoms with Gasteiger partial charge >= 0.3 is 5.97 Å². The molecule has 0 saturated heterocycles. The van der Waals surface area contributed by atoms with E-state index in [1.165, 1.54) is 7.11 Å². The first-order chi connectivity index (χ1) is 8.49. The minimum Gasteiger partial charge on any atom is -0.465 e. The summed E-state index contributed by atoms with van der Waals surface area (Å²) in [6.45, 7) is 5.93. The van der Waals surface area contributed by atoms with Gasteiger partial charge in [-0.15, -0.1) is 0 Å². The zero-order valence-corrected chi connectivity index (χ0v) is 11.6. The molecule has 1 aromatic carbocycles. The molecule has 0 heterocycles. The number of benzene rings is 1. The summed E-state index contributed by atoms with van der Waals surface area (Å²) in [5, 5.41) is 3.28. The van der Waals surface area contributed by atoms with Crippen LogP contribution in [0.5, 0.6) is 0 Å². The van der Waals surface area contributed by atoms with Crippen LogP contribution in [0.1, 0.15) is 29.8 Å². The number of rotatable bonds is 5. The molecular weight excluding hydrogens is 230 g/mol.